The van der Waals surface area contributed by atoms with Crippen molar-refractivity contribution >= 4 is 15.9 Å². The van der Waals surface area contributed by atoms with Gasteiger partial charge in [0.05, 0.1) is 6.04 Å². The first-order valence-corrected chi connectivity index (χ1v) is 8.49. The van der Waals surface area contributed by atoms with Gasteiger partial charge in [-0.15, -0.1) is 0 Å². The van der Waals surface area contributed by atoms with Gasteiger partial charge in [-0.25, -0.2) is 21.9 Å². The van der Waals surface area contributed by atoms with E-state index in [9.17, 15) is 22.0 Å². The van der Waals surface area contributed by atoms with Crippen molar-refractivity contribution in [2.45, 2.75) is 17.9 Å². The van der Waals surface area contributed by atoms with Crippen molar-refractivity contribution in [2.75, 3.05) is 7.05 Å². The van der Waals surface area contributed by atoms with E-state index >= 15 is 0 Å². The highest BCUT2D eigenvalue weighted by molar-refractivity contribution is 7.89. The molecule has 0 saturated carbocycles. The Hall–Kier alpha value is -2.26. The maximum atomic E-state index is 13.3. The Morgan fingerprint density at radius 3 is 2.46 bits per heavy atom. The molecule has 24 heavy (non-hydrogen) atoms. The number of nitrogens with zero attached hydrogens (tertiary/aromatic N) is 1. The standard InChI is InChI=1S/C15H17F2N3O3S/c1-9(10-4-5-12(16)13(17)6-10)19-15(21)14-7-11(8-20(14)3)24(22,23)18-2/h4-9,18H,1-3H3,(H,19,21). The zero-order chi connectivity index (χ0) is 18.1. The van der Waals surface area contributed by atoms with Gasteiger partial charge in [-0.3, -0.25) is 4.79 Å². The fourth-order valence-corrected chi connectivity index (χ4v) is 2.96. The first kappa shape index (κ1) is 18.1. The summed E-state index contributed by atoms with van der Waals surface area (Å²) >= 11 is 0. The maximum Gasteiger partial charge on any atom is 0.268 e. The molecule has 0 saturated heterocycles. The van der Waals surface area contributed by atoms with E-state index in [0.29, 0.717) is 5.56 Å². The second-order valence-corrected chi connectivity index (χ2v) is 7.13. The van der Waals surface area contributed by atoms with Crippen molar-refractivity contribution in [1.82, 2.24) is 14.6 Å². The number of nitrogens with one attached hydrogen (secondary N) is 2. The van der Waals surface area contributed by atoms with E-state index in [0.717, 1.165) is 12.1 Å². The van der Waals surface area contributed by atoms with Crippen LogP contribution < -0.4 is 10.0 Å². The number of hydrogen-bond acceptors (Lipinski definition) is 3. The fourth-order valence-electron chi connectivity index (χ4n) is 2.16. The van der Waals surface area contributed by atoms with Crippen molar-refractivity contribution in [3.05, 3.63) is 53.4 Å². The van der Waals surface area contributed by atoms with E-state index in [-0.39, 0.29) is 10.6 Å². The average molecular weight is 357 g/mol. The molecule has 0 radical (unpaired) electrons. The molecule has 2 N–H and O–H groups in total. The first-order valence-electron chi connectivity index (χ1n) is 7.01. The highest BCUT2D eigenvalue weighted by Gasteiger charge is 2.20. The molecular formula is C15H17F2N3O3S. The number of aromatic nitrogens is 1. The van der Waals surface area contributed by atoms with Crippen molar-refractivity contribution in [3.8, 4) is 0 Å². The third kappa shape index (κ3) is 3.62. The molecular weight excluding hydrogens is 340 g/mol. The van der Waals surface area contributed by atoms with Crippen molar-refractivity contribution < 1.29 is 22.0 Å². The minimum atomic E-state index is -3.67. The number of aryl methyl sites for hydroxylation is 1. The van der Waals surface area contributed by atoms with Crippen LogP contribution in [0.2, 0.25) is 0 Å². The number of rotatable bonds is 5. The number of benzene rings is 1. The third-order valence-corrected chi connectivity index (χ3v) is 4.96. The van der Waals surface area contributed by atoms with Gasteiger partial charge < -0.3 is 9.88 Å². The molecule has 1 heterocycles. The van der Waals surface area contributed by atoms with Crippen molar-refractivity contribution in [1.29, 1.82) is 0 Å². The minimum Gasteiger partial charge on any atom is -0.345 e. The van der Waals surface area contributed by atoms with Gasteiger partial charge in [0, 0.05) is 13.2 Å². The minimum absolute atomic E-state index is 0.0434. The number of carbonyl (C=O) groups excluding carboxylic acids is 1. The van der Waals surface area contributed by atoms with E-state index < -0.39 is 33.6 Å². The third-order valence-electron chi connectivity index (χ3n) is 3.58. The summed E-state index contributed by atoms with van der Waals surface area (Å²) in [6, 6.07) is 3.99. The Bertz CT molecular complexity index is 878. The van der Waals surface area contributed by atoms with Crippen LogP contribution in [-0.2, 0) is 17.1 Å². The Labute approximate surface area is 138 Å². The number of hydrogen-bond donors (Lipinski definition) is 2. The fraction of sp³-hybridized carbons (Fsp3) is 0.267. The molecule has 0 aliphatic heterocycles. The average Bonchev–Trinajstić information content (AvgIpc) is 2.92. The molecule has 6 nitrogen and oxygen atoms in total. The van der Waals surface area contributed by atoms with Gasteiger partial charge in [-0.05, 0) is 37.7 Å². The van der Waals surface area contributed by atoms with Gasteiger partial charge in [0.15, 0.2) is 11.6 Å². The van der Waals surface area contributed by atoms with Crippen LogP contribution in [0.5, 0.6) is 0 Å². The van der Waals surface area contributed by atoms with Gasteiger partial charge in [0.25, 0.3) is 5.91 Å². The summed E-state index contributed by atoms with van der Waals surface area (Å²) in [5.41, 5.74) is 0.512. The quantitative estimate of drug-likeness (QED) is 0.855. The summed E-state index contributed by atoms with van der Waals surface area (Å²) in [5, 5.41) is 2.62. The highest BCUT2D eigenvalue weighted by atomic mass is 32.2. The van der Waals surface area contributed by atoms with E-state index in [1.165, 1.54) is 37.0 Å². The van der Waals surface area contributed by atoms with E-state index in [4.69, 9.17) is 0 Å². The molecule has 0 fully saturated rings. The van der Waals surface area contributed by atoms with Crippen LogP contribution in [0.25, 0.3) is 0 Å². The molecule has 1 atom stereocenters. The number of amides is 1. The summed E-state index contributed by atoms with van der Waals surface area (Å²) in [7, 11) is -0.862. The number of sulfonamides is 1. The monoisotopic (exact) mass is 357 g/mol. The Balaban J connectivity index is 2.22. The predicted octanol–water partition coefficient (Wildman–Crippen LogP) is 1.70. The van der Waals surface area contributed by atoms with Gasteiger partial charge in [-0.2, -0.15) is 0 Å². The zero-order valence-electron chi connectivity index (χ0n) is 13.3. The van der Waals surface area contributed by atoms with Crippen molar-refractivity contribution in [2.24, 2.45) is 7.05 Å². The SMILES string of the molecule is CNS(=O)(=O)c1cc(C(=O)NC(C)c2ccc(F)c(F)c2)n(C)c1. The molecule has 0 aliphatic rings. The van der Waals surface area contributed by atoms with E-state index in [1.54, 1.807) is 6.92 Å². The normalized spacial score (nSPS) is 12.9. The Kier molecular flexibility index (Phi) is 5.05. The maximum absolute atomic E-state index is 13.3. The first-order chi connectivity index (χ1) is 11.2. The Morgan fingerprint density at radius 2 is 1.88 bits per heavy atom. The summed E-state index contributed by atoms with van der Waals surface area (Å²) in [4.78, 5) is 12.3. The molecule has 0 spiro atoms. The number of carbonyl (C=O) groups is 1. The lowest BCUT2D eigenvalue weighted by molar-refractivity contribution is 0.0931. The van der Waals surface area contributed by atoms with Crippen LogP contribution in [0, 0.1) is 11.6 Å². The molecule has 9 heteroatoms. The van der Waals surface area contributed by atoms with E-state index in [1.807, 2.05) is 0 Å². The molecule has 1 amide bonds. The van der Waals surface area contributed by atoms with Gasteiger partial charge in [-0.1, -0.05) is 6.07 Å². The summed E-state index contributed by atoms with van der Waals surface area (Å²) in [5.74, 6) is -2.51. The van der Waals surface area contributed by atoms with Crippen LogP contribution >= 0.6 is 0 Å². The molecule has 0 bridgehead atoms. The largest absolute Gasteiger partial charge is 0.345 e. The second-order valence-electron chi connectivity index (χ2n) is 5.25. The topological polar surface area (TPSA) is 80.2 Å². The highest BCUT2D eigenvalue weighted by Crippen LogP contribution is 2.18. The van der Waals surface area contributed by atoms with Crippen molar-refractivity contribution in [3.63, 3.8) is 0 Å². The molecule has 0 aliphatic carbocycles. The van der Waals surface area contributed by atoms with Crippen LogP contribution in [0.15, 0.2) is 35.4 Å². The van der Waals surface area contributed by atoms with Crippen LogP contribution in [0.3, 0.4) is 0 Å². The molecule has 2 aromatic rings. The lowest BCUT2D eigenvalue weighted by Gasteiger charge is -2.14. The molecule has 1 aromatic carbocycles. The van der Waals surface area contributed by atoms with Gasteiger partial charge in [0.1, 0.15) is 10.6 Å². The molecule has 1 unspecified atom stereocenters. The molecule has 1 aromatic heterocycles. The van der Waals surface area contributed by atoms with Crippen LogP contribution in [0.1, 0.15) is 29.0 Å². The zero-order valence-corrected chi connectivity index (χ0v) is 14.1. The molecule has 2 rings (SSSR count). The Morgan fingerprint density at radius 1 is 1.21 bits per heavy atom. The van der Waals surface area contributed by atoms with Gasteiger partial charge in [0.2, 0.25) is 10.0 Å². The summed E-state index contributed by atoms with van der Waals surface area (Å²) in [6.45, 7) is 1.61. The van der Waals surface area contributed by atoms with Crippen LogP contribution in [0.4, 0.5) is 8.78 Å². The lowest BCUT2D eigenvalue weighted by atomic mass is 10.1. The van der Waals surface area contributed by atoms with E-state index in [2.05, 4.69) is 10.0 Å². The predicted molar refractivity (Wildman–Crippen MR) is 83.9 cm³/mol. The smallest absolute Gasteiger partial charge is 0.268 e. The summed E-state index contributed by atoms with van der Waals surface area (Å²) < 4.78 is 53.3. The van der Waals surface area contributed by atoms with Gasteiger partial charge >= 0.3 is 0 Å². The lowest BCUT2D eigenvalue weighted by Crippen LogP contribution is -2.28. The summed E-state index contributed by atoms with van der Waals surface area (Å²) in [6.07, 6.45) is 1.31. The second kappa shape index (κ2) is 6.70. The number of halogens is 2. The van der Waals surface area contributed by atoms with Crippen LogP contribution in [-0.4, -0.2) is 25.9 Å². The molecule has 130 valence electrons.